The van der Waals surface area contributed by atoms with E-state index >= 15 is 0 Å². The van der Waals surface area contributed by atoms with Gasteiger partial charge in [0.1, 0.15) is 18.6 Å². The summed E-state index contributed by atoms with van der Waals surface area (Å²) in [4.78, 5) is 38.8. The molecule has 0 aromatic carbocycles. The topological polar surface area (TPSA) is 124 Å². The van der Waals surface area contributed by atoms with Crippen molar-refractivity contribution in [1.29, 1.82) is 0 Å². The number of carbonyl (C=O) groups is 3. The van der Waals surface area contributed by atoms with Crippen LogP contribution in [0.4, 0.5) is 0 Å². The number of methoxy groups -OCH3 is 1. The van der Waals surface area contributed by atoms with Gasteiger partial charge in [0.2, 0.25) is 12.3 Å². The van der Waals surface area contributed by atoms with Crippen LogP contribution in [0.2, 0.25) is 0 Å². The lowest BCUT2D eigenvalue weighted by Gasteiger charge is -2.38. The Morgan fingerprint density at radius 3 is 2.97 bits per heavy atom. The lowest BCUT2D eigenvalue weighted by atomic mass is 10.1. The second-order valence-electron chi connectivity index (χ2n) is 7.17. The number of ether oxygens (including phenoxy) is 2. The largest absolute Gasteiger partial charge is 0.488 e. The van der Waals surface area contributed by atoms with Gasteiger partial charge in [-0.25, -0.2) is 5.43 Å². The van der Waals surface area contributed by atoms with E-state index in [2.05, 4.69) is 26.2 Å². The van der Waals surface area contributed by atoms with E-state index in [1.807, 2.05) is 17.1 Å². The molecule has 3 heterocycles. The number of dihydropyridines is 1. The normalized spacial score (nSPS) is 21.2. The third kappa shape index (κ3) is 5.06. The molecule has 0 radical (unpaired) electrons. The Balaban J connectivity index is 1.73. The van der Waals surface area contributed by atoms with Gasteiger partial charge >= 0.3 is 5.97 Å². The molecule has 4 N–H and O–H groups in total. The molecule has 2 atom stereocenters. The number of hydrogen-bond donors (Lipinski definition) is 4. The molecule has 0 bridgehead atoms. The maximum absolute atomic E-state index is 12.5. The van der Waals surface area contributed by atoms with Gasteiger partial charge in [0, 0.05) is 30.6 Å². The summed E-state index contributed by atoms with van der Waals surface area (Å²) in [5.41, 5.74) is 7.25. The number of hydrazine groups is 1. The summed E-state index contributed by atoms with van der Waals surface area (Å²) in [6, 6.07) is 0. The average Bonchev–Trinajstić information content (AvgIpc) is 2.81. The first-order chi connectivity index (χ1) is 15.0. The van der Waals surface area contributed by atoms with E-state index in [0.29, 0.717) is 31.0 Å². The summed E-state index contributed by atoms with van der Waals surface area (Å²) >= 11 is 0. The van der Waals surface area contributed by atoms with Crippen LogP contribution in [0.25, 0.3) is 0 Å². The van der Waals surface area contributed by atoms with Crippen molar-refractivity contribution < 1.29 is 23.9 Å². The number of esters is 1. The lowest BCUT2D eigenvalue weighted by molar-refractivity contribution is -0.144. The van der Waals surface area contributed by atoms with E-state index < -0.39 is 5.92 Å². The molecule has 0 saturated heterocycles. The number of carbonyl (C=O) groups excluding carboxylic acids is 3. The Morgan fingerprint density at radius 2 is 2.26 bits per heavy atom. The van der Waals surface area contributed by atoms with E-state index in [-0.39, 0.29) is 24.6 Å². The maximum Gasteiger partial charge on any atom is 0.310 e. The van der Waals surface area contributed by atoms with Crippen molar-refractivity contribution in [3.05, 3.63) is 47.3 Å². The fourth-order valence-corrected chi connectivity index (χ4v) is 3.39. The van der Waals surface area contributed by atoms with Crippen LogP contribution in [0.3, 0.4) is 0 Å². The second-order valence-corrected chi connectivity index (χ2v) is 7.17. The van der Waals surface area contributed by atoms with Crippen molar-refractivity contribution in [2.24, 2.45) is 5.92 Å². The Kier molecular flexibility index (Phi) is 7.32. The zero-order chi connectivity index (χ0) is 22.4. The summed E-state index contributed by atoms with van der Waals surface area (Å²) in [5, 5.41) is 6.01. The van der Waals surface area contributed by atoms with Gasteiger partial charge in [-0.3, -0.25) is 19.8 Å². The van der Waals surface area contributed by atoms with Gasteiger partial charge in [-0.1, -0.05) is 6.92 Å². The Bertz CT molecular complexity index is 849. The molecular formula is C20H28N6O5. The van der Waals surface area contributed by atoms with Crippen LogP contribution >= 0.6 is 0 Å². The summed E-state index contributed by atoms with van der Waals surface area (Å²) < 4.78 is 10.5. The molecule has 2 amide bonds. The molecule has 3 aliphatic rings. The highest BCUT2D eigenvalue weighted by molar-refractivity contribution is 5.94. The molecular weight excluding hydrogens is 404 g/mol. The van der Waals surface area contributed by atoms with Gasteiger partial charge in [0.15, 0.2) is 5.76 Å². The lowest BCUT2D eigenvalue weighted by Crippen LogP contribution is -2.49. The highest BCUT2D eigenvalue weighted by atomic mass is 16.5. The Labute approximate surface area is 180 Å². The molecule has 31 heavy (non-hydrogen) atoms. The summed E-state index contributed by atoms with van der Waals surface area (Å²) in [6.45, 7) is 3.24. The minimum atomic E-state index is -0.433. The Hall–Kier alpha value is -3.31. The minimum absolute atomic E-state index is 0.187. The SMILES string of the molecule is CNNC1C=C(N2CCOC3=C2NCC(C(=O)NCC(C)C(=O)OC)=C3)C=CN1C=O. The van der Waals surface area contributed by atoms with Gasteiger partial charge in [0.05, 0.1) is 19.6 Å². The van der Waals surface area contributed by atoms with E-state index in [1.165, 1.54) is 12.0 Å². The van der Waals surface area contributed by atoms with Crippen LogP contribution in [0.1, 0.15) is 6.92 Å². The zero-order valence-electron chi connectivity index (χ0n) is 17.8. The predicted molar refractivity (Wildman–Crippen MR) is 111 cm³/mol. The van der Waals surface area contributed by atoms with Crippen LogP contribution in [-0.4, -0.2) is 74.7 Å². The first kappa shape index (κ1) is 22.4. The highest BCUT2D eigenvalue weighted by Crippen LogP contribution is 2.27. The fourth-order valence-electron chi connectivity index (χ4n) is 3.39. The monoisotopic (exact) mass is 432 g/mol. The van der Waals surface area contributed by atoms with Gasteiger partial charge in [-0.05, 0) is 25.3 Å². The van der Waals surface area contributed by atoms with Crippen LogP contribution in [-0.2, 0) is 23.9 Å². The van der Waals surface area contributed by atoms with Crippen LogP contribution in [0, 0.1) is 5.92 Å². The molecule has 0 saturated carbocycles. The third-order valence-corrected chi connectivity index (χ3v) is 5.08. The number of nitrogens with one attached hydrogen (secondary N) is 4. The average molecular weight is 432 g/mol. The van der Waals surface area contributed by atoms with Crippen molar-refractivity contribution in [1.82, 2.24) is 31.3 Å². The predicted octanol–water partition coefficient (Wildman–Crippen LogP) is -1.14. The molecule has 0 fully saturated rings. The fraction of sp³-hybridized carbons (Fsp3) is 0.450. The van der Waals surface area contributed by atoms with E-state index in [4.69, 9.17) is 4.74 Å². The Morgan fingerprint density at radius 1 is 1.45 bits per heavy atom. The van der Waals surface area contributed by atoms with Gasteiger partial charge in [-0.2, -0.15) is 0 Å². The zero-order valence-corrected chi connectivity index (χ0v) is 17.8. The minimum Gasteiger partial charge on any atom is -0.488 e. The van der Waals surface area contributed by atoms with Crippen molar-refractivity contribution in [3.63, 3.8) is 0 Å². The molecule has 11 heteroatoms. The molecule has 168 valence electrons. The van der Waals surface area contributed by atoms with E-state index in [0.717, 1.165) is 17.9 Å². The molecule has 2 unspecified atom stereocenters. The highest BCUT2D eigenvalue weighted by Gasteiger charge is 2.29. The van der Waals surface area contributed by atoms with Crippen molar-refractivity contribution in [2.75, 3.05) is 40.4 Å². The standard InChI is InChI=1S/C20H28N6O5/c1-13(20(29)30-3)10-23-19(28)14-8-16-18(22-11-14)26(6-7-31-16)15-4-5-25(12-27)17(9-15)24-21-2/h4-5,8-9,12-13,17,21-22,24H,6-7,10-11H2,1-3H3,(H,23,28). The second kappa shape index (κ2) is 10.1. The smallest absolute Gasteiger partial charge is 0.310 e. The molecule has 0 aliphatic carbocycles. The van der Waals surface area contributed by atoms with Gasteiger partial charge < -0.3 is 29.9 Å². The summed E-state index contributed by atoms with van der Waals surface area (Å²) in [6.07, 6.45) is 7.59. The van der Waals surface area contributed by atoms with Gasteiger partial charge in [-0.15, -0.1) is 0 Å². The molecule has 0 aromatic heterocycles. The van der Waals surface area contributed by atoms with Crippen molar-refractivity contribution in [3.8, 4) is 0 Å². The van der Waals surface area contributed by atoms with Gasteiger partial charge in [0.25, 0.3) is 0 Å². The van der Waals surface area contributed by atoms with Crippen LogP contribution < -0.4 is 21.5 Å². The van der Waals surface area contributed by atoms with E-state index in [9.17, 15) is 14.4 Å². The number of allylic oxidation sites excluding steroid dienone is 2. The first-order valence-corrected chi connectivity index (χ1v) is 9.98. The number of nitrogens with zero attached hydrogens (tertiary/aromatic N) is 2. The maximum atomic E-state index is 12.5. The third-order valence-electron chi connectivity index (χ3n) is 5.08. The quantitative estimate of drug-likeness (QED) is 0.214. The molecule has 3 aliphatic heterocycles. The summed E-state index contributed by atoms with van der Waals surface area (Å²) in [5.74, 6) is 0.239. The molecule has 0 spiro atoms. The number of amides is 2. The number of hydrogen-bond acceptors (Lipinski definition) is 9. The number of rotatable bonds is 8. The molecule has 3 rings (SSSR count). The molecule has 11 nitrogen and oxygen atoms in total. The molecule has 0 aromatic rings. The van der Waals surface area contributed by atoms with Crippen molar-refractivity contribution in [2.45, 2.75) is 13.1 Å². The van der Waals surface area contributed by atoms with Crippen LogP contribution in [0.5, 0.6) is 0 Å². The first-order valence-electron chi connectivity index (χ1n) is 9.98. The van der Waals surface area contributed by atoms with Crippen LogP contribution in [0.15, 0.2) is 47.3 Å². The van der Waals surface area contributed by atoms with Crippen molar-refractivity contribution >= 4 is 18.3 Å². The summed E-state index contributed by atoms with van der Waals surface area (Å²) in [7, 11) is 3.05. The van der Waals surface area contributed by atoms with E-state index in [1.54, 1.807) is 26.2 Å².